The molecule has 1 atom stereocenters. The largest absolute Gasteiger partial charge is 0.310 e. The molecule has 1 aromatic carbocycles. The number of rotatable bonds is 6. The average molecular weight is 295 g/mol. The minimum Gasteiger partial charge on any atom is -0.310 e. The van der Waals surface area contributed by atoms with Crippen molar-refractivity contribution >= 4 is 0 Å². The van der Waals surface area contributed by atoms with Crippen LogP contribution in [0.4, 0.5) is 22.0 Å². The summed E-state index contributed by atoms with van der Waals surface area (Å²) in [4.78, 5) is 0. The Kier molecular flexibility index (Phi) is 5.92. The lowest BCUT2D eigenvalue weighted by molar-refractivity contribution is 0.341. The van der Waals surface area contributed by atoms with Gasteiger partial charge in [0.1, 0.15) is 0 Å². The standard InChI is InChI=1S/C14H18F5N/c1-4-5-20-8(6-7(2)3)9-10(15)12(17)14(19)13(18)11(9)16/h7-8,20H,4-6H2,1-3H3. The van der Waals surface area contributed by atoms with Crippen LogP contribution < -0.4 is 5.32 Å². The lowest BCUT2D eigenvalue weighted by Gasteiger charge is -2.22. The first-order chi connectivity index (χ1) is 9.31. The average Bonchev–Trinajstić information content (AvgIpc) is 2.39. The van der Waals surface area contributed by atoms with Gasteiger partial charge in [-0.1, -0.05) is 20.8 Å². The van der Waals surface area contributed by atoms with Crippen molar-refractivity contribution < 1.29 is 22.0 Å². The molecule has 114 valence electrons. The molecular formula is C14H18F5N. The van der Waals surface area contributed by atoms with Gasteiger partial charge in [-0.2, -0.15) is 0 Å². The van der Waals surface area contributed by atoms with Crippen LogP contribution in [-0.4, -0.2) is 6.54 Å². The maximum absolute atomic E-state index is 13.8. The molecule has 0 saturated heterocycles. The molecule has 6 heteroatoms. The Morgan fingerprint density at radius 1 is 0.850 bits per heavy atom. The minimum atomic E-state index is -2.12. The zero-order valence-corrected chi connectivity index (χ0v) is 11.7. The van der Waals surface area contributed by atoms with Crippen LogP contribution in [0.25, 0.3) is 0 Å². The van der Waals surface area contributed by atoms with Crippen molar-refractivity contribution in [1.82, 2.24) is 5.32 Å². The molecule has 0 aliphatic rings. The molecule has 0 aliphatic carbocycles. The smallest absolute Gasteiger partial charge is 0.200 e. The van der Waals surface area contributed by atoms with E-state index in [9.17, 15) is 22.0 Å². The first-order valence-corrected chi connectivity index (χ1v) is 6.55. The van der Waals surface area contributed by atoms with Crippen LogP contribution >= 0.6 is 0 Å². The minimum absolute atomic E-state index is 0.0410. The molecule has 0 spiro atoms. The number of benzene rings is 1. The molecule has 0 bridgehead atoms. The summed E-state index contributed by atoms with van der Waals surface area (Å²) in [6, 6.07) is -0.903. The molecule has 0 saturated carbocycles. The van der Waals surface area contributed by atoms with Crippen LogP contribution in [0.2, 0.25) is 0 Å². The first kappa shape index (κ1) is 16.9. The maximum atomic E-state index is 13.8. The van der Waals surface area contributed by atoms with Crippen LogP contribution in [0.5, 0.6) is 0 Å². The molecule has 0 radical (unpaired) electrons. The summed E-state index contributed by atoms with van der Waals surface area (Å²) in [5.74, 6) is -9.38. The van der Waals surface area contributed by atoms with E-state index in [2.05, 4.69) is 5.32 Å². The van der Waals surface area contributed by atoms with E-state index in [1.54, 1.807) is 0 Å². The molecular weight excluding hydrogens is 277 g/mol. The van der Waals surface area contributed by atoms with Crippen LogP contribution in [0.1, 0.15) is 45.2 Å². The quantitative estimate of drug-likeness (QED) is 0.464. The molecule has 20 heavy (non-hydrogen) atoms. The third-order valence-electron chi connectivity index (χ3n) is 2.94. The Balaban J connectivity index is 3.31. The predicted octanol–water partition coefficient (Wildman–Crippen LogP) is 4.47. The molecule has 1 unspecified atom stereocenters. The maximum Gasteiger partial charge on any atom is 0.200 e. The lowest BCUT2D eigenvalue weighted by Crippen LogP contribution is -2.27. The van der Waals surface area contributed by atoms with E-state index < -0.39 is 40.7 Å². The molecule has 0 fully saturated rings. The van der Waals surface area contributed by atoms with Crippen molar-refractivity contribution in [3.05, 3.63) is 34.6 Å². The van der Waals surface area contributed by atoms with E-state index >= 15 is 0 Å². The van der Waals surface area contributed by atoms with Crippen LogP contribution in [0, 0.1) is 35.0 Å². The van der Waals surface area contributed by atoms with Gasteiger partial charge in [-0.25, -0.2) is 22.0 Å². The molecule has 1 aromatic rings. The predicted molar refractivity (Wildman–Crippen MR) is 66.7 cm³/mol. The number of hydrogen-bond acceptors (Lipinski definition) is 1. The van der Waals surface area contributed by atoms with Crippen molar-refractivity contribution in [1.29, 1.82) is 0 Å². The van der Waals surface area contributed by atoms with E-state index in [0.29, 0.717) is 13.0 Å². The molecule has 1 rings (SSSR count). The summed E-state index contributed by atoms with van der Waals surface area (Å²) in [7, 11) is 0. The van der Waals surface area contributed by atoms with Gasteiger partial charge in [0.05, 0.1) is 0 Å². The van der Waals surface area contributed by atoms with E-state index in [1.165, 1.54) is 0 Å². The molecule has 0 aliphatic heterocycles. The normalized spacial score (nSPS) is 13.1. The van der Waals surface area contributed by atoms with E-state index in [4.69, 9.17) is 0 Å². The van der Waals surface area contributed by atoms with Crippen molar-refractivity contribution in [3.63, 3.8) is 0 Å². The van der Waals surface area contributed by atoms with E-state index in [1.807, 2.05) is 20.8 Å². The van der Waals surface area contributed by atoms with Gasteiger partial charge in [0.25, 0.3) is 0 Å². The Morgan fingerprint density at radius 2 is 1.30 bits per heavy atom. The Morgan fingerprint density at radius 3 is 1.70 bits per heavy atom. The fraction of sp³-hybridized carbons (Fsp3) is 0.571. The molecule has 0 aromatic heterocycles. The van der Waals surface area contributed by atoms with Crippen molar-refractivity contribution in [2.75, 3.05) is 6.54 Å². The lowest BCUT2D eigenvalue weighted by atomic mass is 9.95. The highest BCUT2D eigenvalue weighted by Crippen LogP contribution is 2.31. The number of hydrogen-bond donors (Lipinski definition) is 1. The molecule has 0 heterocycles. The fourth-order valence-electron chi connectivity index (χ4n) is 2.02. The Labute approximate surface area is 115 Å². The number of nitrogens with one attached hydrogen (secondary N) is 1. The second-order valence-electron chi connectivity index (χ2n) is 5.12. The van der Waals surface area contributed by atoms with Gasteiger partial charge in [-0.05, 0) is 25.3 Å². The highest BCUT2D eigenvalue weighted by molar-refractivity contribution is 5.27. The topological polar surface area (TPSA) is 12.0 Å². The summed E-state index contributed by atoms with van der Waals surface area (Å²) >= 11 is 0. The summed E-state index contributed by atoms with van der Waals surface area (Å²) < 4.78 is 67.0. The van der Waals surface area contributed by atoms with Gasteiger partial charge in [0.15, 0.2) is 23.3 Å². The van der Waals surface area contributed by atoms with Gasteiger partial charge in [-0.3, -0.25) is 0 Å². The fourth-order valence-corrected chi connectivity index (χ4v) is 2.02. The van der Waals surface area contributed by atoms with Gasteiger partial charge >= 0.3 is 0 Å². The number of halogens is 5. The van der Waals surface area contributed by atoms with Crippen LogP contribution in [-0.2, 0) is 0 Å². The first-order valence-electron chi connectivity index (χ1n) is 6.55. The van der Waals surface area contributed by atoms with Gasteiger partial charge in [0.2, 0.25) is 5.82 Å². The highest BCUT2D eigenvalue weighted by Gasteiger charge is 2.30. The van der Waals surface area contributed by atoms with Crippen molar-refractivity contribution in [2.24, 2.45) is 5.92 Å². The van der Waals surface area contributed by atoms with Gasteiger partial charge < -0.3 is 5.32 Å². The summed E-state index contributed by atoms with van der Waals surface area (Å²) in [5.41, 5.74) is -0.774. The monoisotopic (exact) mass is 295 g/mol. The third kappa shape index (κ3) is 3.48. The van der Waals surface area contributed by atoms with Crippen molar-refractivity contribution in [3.8, 4) is 0 Å². The molecule has 1 N–H and O–H groups in total. The van der Waals surface area contributed by atoms with Crippen molar-refractivity contribution in [2.45, 2.75) is 39.7 Å². The zero-order chi connectivity index (χ0) is 15.4. The SMILES string of the molecule is CCCNC(CC(C)C)c1c(F)c(F)c(F)c(F)c1F. The second kappa shape index (κ2) is 7.02. The second-order valence-corrected chi connectivity index (χ2v) is 5.12. The van der Waals surface area contributed by atoms with Crippen LogP contribution in [0.3, 0.4) is 0 Å². The van der Waals surface area contributed by atoms with Gasteiger partial charge in [0, 0.05) is 11.6 Å². The molecule has 1 nitrogen and oxygen atoms in total. The van der Waals surface area contributed by atoms with E-state index in [-0.39, 0.29) is 12.3 Å². The zero-order valence-electron chi connectivity index (χ0n) is 11.7. The summed E-state index contributed by atoms with van der Waals surface area (Å²) in [6.45, 7) is 5.90. The molecule has 0 amide bonds. The summed E-state index contributed by atoms with van der Waals surface area (Å²) in [5, 5.41) is 2.84. The van der Waals surface area contributed by atoms with Crippen LogP contribution in [0.15, 0.2) is 0 Å². The summed E-state index contributed by atoms with van der Waals surface area (Å²) in [6.07, 6.45) is 0.961. The Bertz CT molecular complexity index is 444. The van der Waals surface area contributed by atoms with Gasteiger partial charge in [-0.15, -0.1) is 0 Å². The highest BCUT2D eigenvalue weighted by atomic mass is 19.2. The Hall–Kier alpha value is -1.17. The van der Waals surface area contributed by atoms with E-state index in [0.717, 1.165) is 0 Å². The third-order valence-corrected chi connectivity index (χ3v) is 2.94.